The van der Waals surface area contributed by atoms with E-state index in [1.54, 1.807) is 0 Å². The van der Waals surface area contributed by atoms with Crippen LogP contribution >= 0.6 is 12.4 Å². The van der Waals surface area contributed by atoms with Gasteiger partial charge in [0.05, 0.1) is 0 Å². The van der Waals surface area contributed by atoms with Gasteiger partial charge in [0.1, 0.15) is 0 Å². The molecule has 0 atom stereocenters. The first kappa shape index (κ1) is 21.0. The minimum atomic E-state index is 0. The number of aryl methyl sites for hydroxylation is 1. The van der Waals surface area contributed by atoms with Gasteiger partial charge in [-0.15, -0.1) is 12.4 Å². The Morgan fingerprint density at radius 3 is 2.20 bits per heavy atom. The zero-order chi connectivity index (χ0) is 17.4. The van der Waals surface area contributed by atoms with Crippen LogP contribution in [0, 0.1) is 0 Å². The van der Waals surface area contributed by atoms with Gasteiger partial charge in [-0.1, -0.05) is 62.4 Å². The van der Waals surface area contributed by atoms with E-state index < -0.39 is 0 Å². The quantitative estimate of drug-likeness (QED) is 0.681. The fourth-order valence-electron chi connectivity index (χ4n) is 3.17. The molecule has 0 spiro atoms. The summed E-state index contributed by atoms with van der Waals surface area (Å²) < 4.78 is 0. The van der Waals surface area contributed by atoms with Crippen molar-refractivity contribution in [1.82, 2.24) is 5.32 Å². The molecule has 25 heavy (non-hydrogen) atoms. The number of nitrogens with two attached hydrogens (primary N) is 1. The molecule has 136 valence electrons. The number of nitrogens with one attached hydrogen (secondary N) is 1. The number of rotatable bonds is 8. The molecule has 2 aromatic rings. The third-order valence-corrected chi connectivity index (χ3v) is 5.04. The van der Waals surface area contributed by atoms with Gasteiger partial charge in [0.25, 0.3) is 0 Å². The molecule has 0 unspecified atom stereocenters. The molecule has 0 radical (unpaired) electrons. The predicted octanol–water partition coefficient (Wildman–Crippen LogP) is 4.50. The van der Waals surface area contributed by atoms with E-state index in [9.17, 15) is 4.79 Å². The number of amides is 1. The van der Waals surface area contributed by atoms with Crippen LogP contribution in [0.2, 0.25) is 0 Å². The van der Waals surface area contributed by atoms with Gasteiger partial charge in [0.2, 0.25) is 5.91 Å². The SMILES string of the molecule is CCC(CC)(CNC(=O)CCc1ccccc1N)c1ccccc1.Cl. The van der Waals surface area contributed by atoms with Crippen molar-refractivity contribution in [2.45, 2.75) is 44.9 Å². The Labute approximate surface area is 157 Å². The normalized spacial score (nSPS) is 10.8. The van der Waals surface area contributed by atoms with Crippen molar-refractivity contribution in [3.63, 3.8) is 0 Å². The maximum absolute atomic E-state index is 12.3. The summed E-state index contributed by atoms with van der Waals surface area (Å²) in [6.45, 7) is 5.05. The van der Waals surface area contributed by atoms with Crippen molar-refractivity contribution in [2.75, 3.05) is 12.3 Å². The Morgan fingerprint density at radius 1 is 1.00 bits per heavy atom. The van der Waals surface area contributed by atoms with E-state index in [1.165, 1.54) is 5.56 Å². The van der Waals surface area contributed by atoms with Crippen LogP contribution in [0.4, 0.5) is 5.69 Å². The zero-order valence-electron chi connectivity index (χ0n) is 15.1. The highest BCUT2D eigenvalue weighted by Gasteiger charge is 2.28. The van der Waals surface area contributed by atoms with Gasteiger partial charge < -0.3 is 11.1 Å². The van der Waals surface area contributed by atoms with Gasteiger partial charge in [0.15, 0.2) is 0 Å². The Kier molecular flexibility index (Phi) is 8.50. The molecule has 0 aliphatic carbocycles. The summed E-state index contributed by atoms with van der Waals surface area (Å²) in [5.74, 6) is 0.0838. The molecule has 3 N–H and O–H groups in total. The Bertz CT molecular complexity index is 654. The molecule has 0 saturated carbocycles. The number of para-hydroxylation sites is 1. The van der Waals surface area contributed by atoms with Crippen molar-refractivity contribution in [3.05, 3.63) is 65.7 Å². The monoisotopic (exact) mass is 360 g/mol. The average molecular weight is 361 g/mol. The Morgan fingerprint density at radius 2 is 1.60 bits per heavy atom. The van der Waals surface area contributed by atoms with Crippen LogP contribution in [0.1, 0.15) is 44.2 Å². The van der Waals surface area contributed by atoms with Gasteiger partial charge in [0, 0.05) is 24.1 Å². The fourth-order valence-corrected chi connectivity index (χ4v) is 3.17. The van der Waals surface area contributed by atoms with E-state index in [1.807, 2.05) is 30.3 Å². The molecule has 0 aliphatic heterocycles. The van der Waals surface area contributed by atoms with E-state index in [0.717, 1.165) is 24.1 Å². The number of carbonyl (C=O) groups excluding carboxylic acids is 1. The first-order chi connectivity index (χ1) is 11.6. The van der Waals surface area contributed by atoms with Crippen molar-refractivity contribution in [1.29, 1.82) is 0 Å². The second kappa shape index (κ2) is 10.1. The highest BCUT2D eigenvalue weighted by molar-refractivity contribution is 5.85. The second-order valence-corrected chi connectivity index (χ2v) is 6.33. The highest BCUT2D eigenvalue weighted by Crippen LogP contribution is 2.30. The molecule has 4 heteroatoms. The van der Waals surface area contributed by atoms with E-state index in [4.69, 9.17) is 5.73 Å². The topological polar surface area (TPSA) is 55.1 Å². The maximum atomic E-state index is 12.3. The smallest absolute Gasteiger partial charge is 0.220 e. The van der Waals surface area contributed by atoms with Gasteiger partial charge in [-0.05, 0) is 36.5 Å². The van der Waals surface area contributed by atoms with Crippen LogP contribution in [0.3, 0.4) is 0 Å². The standard InChI is InChI=1S/C21H28N2O.ClH/c1-3-21(4-2,18-11-6-5-7-12-18)16-23-20(24)15-14-17-10-8-9-13-19(17)22;/h5-13H,3-4,14-16,22H2,1-2H3,(H,23,24);1H. The molecule has 0 saturated heterocycles. The third-order valence-electron chi connectivity index (χ3n) is 5.04. The van der Waals surface area contributed by atoms with E-state index in [2.05, 4.69) is 43.4 Å². The summed E-state index contributed by atoms with van der Waals surface area (Å²) in [5.41, 5.74) is 9.02. The molecule has 0 aromatic heterocycles. The van der Waals surface area contributed by atoms with Crippen LogP contribution < -0.4 is 11.1 Å². The number of carbonyl (C=O) groups is 1. The number of halogens is 1. The molecule has 3 nitrogen and oxygen atoms in total. The number of hydrogen-bond acceptors (Lipinski definition) is 2. The number of anilines is 1. The lowest BCUT2D eigenvalue weighted by molar-refractivity contribution is -0.121. The second-order valence-electron chi connectivity index (χ2n) is 6.33. The van der Waals surface area contributed by atoms with E-state index >= 15 is 0 Å². The van der Waals surface area contributed by atoms with E-state index in [-0.39, 0.29) is 23.7 Å². The summed E-state index contributed by atoms with van der Waals surface area (Å²) >= 11 is 0. The van der Waals surface area contributed by atoms with Crippen molar-refractivity contribution in [2.24, 2.45) is 0 Å². The largest absolute Gasteiger partial charge is 0.399 e. The minimum Gasteiger partial charge on any atom is -0.399 e. The number of hydrogen-bond donors (Lipinski definition) is 2. The molecule has 0 aliphatic rings. The summed E-state index contributed by atoms with van der Waals surface area (Å²) in [4.78, 5) is 12.3. The lowest BCUT2D eigenvalue weighted by atomic mass is 9.76. The van der Waals surface area contributed by atoms with Crippen LogP contribution in [-0.2, 0) is 16.6 Å². The number of benzene rings is 2. The molecule has 1 amide bonds. The van der Waals surface area contributed by atoms with Crippen LogP contribution in [0.15, 0.2) is 54.6 Å². The van der Waals surface area contributed by atoms with Crippen LogP contribution in [0.25, 0.3) is 0 Å². The van der Waals surface area contributed by atoms with Crippen LogP contribution in [-0.4, -0.2) is 12.5 Å². The van der Waals surface area contributed by atoms with Crippen molar-refractivity contribution < 1.29 is 4.79 Å². The first-order valence-electron chi connectivity index (χ1n) is 8.77. The maximum Gasteiger partial charge on any atom is 0.220 e. The van der Waals surface area contributed by atoms with Gasteiger partial charge >= 0.3 is 0 Å². The fraction of sp³-hybridized carbons (Fsp3) is 0.381. The molecular weight excluding hydrogens is 332 g/mol. The summed E-state index contributed by atoms with van der Waals surface area (Å²) in [6, 6.07) is 18.2. The van der Waals surface area contributed by atoms with Gasteiger partial charge in [-0.3, -0.25) is 4.79 Å². The van der Waals surface area contributed by atoms with Crippen LogP contribution in [0.5, 0.6) is 0 Å². The molecule has 2 aromatic carbocycles. The summed E-state index contributed by atoms with van der Waals surface area (Å²) in [7, 11) is 0. The minimum absolute atomic E-state index is 0. The molecule has 0 bridgehead atoms. The lowest BCUT2D eigenvalue weighted by Gasteiger charge is -2.32. The first-order valence-corrected chi connectivity index (χ1v) is 8.77. The predicted molar refractivity (Wildman–Crippen MR) is 108 cm³/mol. The number of nitrogen functional groups attached to an aromatic ring is 1. The lowest BCUT2D eigenvalue weighted by Crippen LogP contribution is -2.40. The average Bonchev–Trinajstić information content (AvgIpc) is 2.63. The van der Waals surface area contributed by atoms with E-state index in [0.29, 0.717) is 19.4 Å². The summed E-state index contributed by atoms with van der Waals surface area (Å²) in [6.07, 6.45) is 3.14. The highest BCUT2D eigenvalue weighted by atomic mass is 35.5. The molecular formula is C21H29ClN2O. The summed E-state index contributed by atoms with van der Waals surface area (Å²) in [5, 5.41) is 3.13. The molecule has 0 fully saturated rings. The van der Waals surface area contributed by atoms with Gasteiger partial charge in [-0.25, -0.2) is 0 Å². The molecule has 0 heterocycles. The van der Waals surface area contributed by atoms with Crippen molar-refractivity contribution in [3.8, 4) is 0 Å². The van der Waals surface area contributed by atoms with Crippen molar-refractivity contribution >= 4 is 24.0 Å². The Balaban J connectivity index is 0.00000312. The molecule has 2 rings (SSSR count). The Hall–Kier alpha value is -2.00. The third kappa shape index (κ3) is 5.50. The zero-order valence-corrected chi connectivity index (χ0v) is 15.9. The van der Waals surface area contributed by atoms with Gasteiger partial charge in [-0.2, -0.15) is 0 Å².